The first-order valence-electron chi connectivity index (χ1n) is 6.76. The number of aromatic nitrogens is 2. The summed E-state index contributed by atoms with van der Waals surface area (Å²) < 4.78 is 4.94. The van der Waals surface area contributed by atoms with E-state index in [0.29, 0.717) is 11.7 Å². The third-order valence-electron chi connectivity index (χ3n) is 3.47. The molecule has 2 aromatic heterocycles. The van der Waals surface area contributed by atoms with Crippen molar-refractivity contribution in [3.8, 4) is 5.88 Å². The molecule has 1 aliphatic rings. The highest BCUT2D eigenvalue weighted by atomic mass is 32.1. The summed E-state index contributed by atoms with van der Waals surface area (Å²) in [7, 11) is 1.53. The van der Waals surface area contributed by atoms with Crippen molar-refractivity contribution in [2.45, 2.75) is 18.9 Å². The SMILES string of the molecule is COc1ccc(NC(=O)N2CCCC2c2cccs2)nn1. The first-order valence-corrected chi connectivity index (χ1v) is 7.64. The van der Waals surface area contributed by atoms with Gasteiger partial charge >= 0.3 is 6.03 Å². The Morgan fingerprint density at radius 3 is 3.00 bits per heavy atom. The lowest BCUT2D eigenvalue weighted by molar-refractivity contribution is 0.207. The number of methoxy groups -OCH3 is 1. The van der Waals surface area contributed by atoms with Crippen molar-refractivity contribution < 1.29 is 9.53 Å². The van der Waals surface area contributed by atoms with E-state index in [1.165, 1.54) is 12.0 Å². The van der Waals surface area contributed by atoms with Crippen LogP contribution in [0.5, 0.6) is 5.88 Å². The first kappa shape index (κ1) is 13.8. The number of hydrogen-bond acceptors (Lipinski definition) is 5. The molecule has 1 fully saturated rings. The highest BCUT2D eigenvalue weighted by Crippen LogP contribution is 2.34. The fourth-order valence-electron chi connectivity index (χ4n) is 2.46. The molecule has 0 saturated carbocycles. The maximum absolute atomic E-state index is 12.4. The molecule has 0 aliphatic carbocycles. The van der Waals surface area contributed by atoms with Gasteiger partial charge < -0.3 is 9.64 Å². The minimum atomic E-state index is -0.134. The first-order chi connectivity index (χ1) is 10.3. The van der Waals surface area contributed by atoms with Crippen LogP contribution < -0.4 is 10.1 Å². The predicted octanol–water partition coefficient (Wildman–Crippen LogP) is 2.92. The maximum Gasteiger partial charge on any atom is 0.323 e. The highest BCUT2D eigenvalue weighted by Gasteiger charge is 2.30. The molecule has 0 bridgehead atoms. The minimum Gasteiger partial charge on any atom is -0.480 e. The van der Waals surface area contributed by atoms with Gasteiger partial charge in [-0.1, -0.05) is 6.07 Å². The van der Waals surface area contributed by atoms with Crippen LogP contribution >= 0.6 is 11.3 Å². The van der Waals surface area contributed by atoms with Crippen LogP contribution in [0, 0.1) is 0 Å². The Morgan fingerprint density at radius 2 is 2.33 bits per heavy atom. The Kier molecular flexibility index (Phi) is 4.01. The Morgan fingerprint density at radius 1 is 1.43 bits per heavy atom. The van der Waals surface area contributed by atoms with Crippen LogP contribution in [-0.2, 0) is 0 Å². The van der Waals surface area contributed by atoms with Crippen LogP contribution in [-0.4, -0.2) is 34.8 Å². The summed E-state index contributed by atoms with van der Waals surface area (Å²) >= 11 is 1.69. The van der Waals surface area contributed by atoms with Crippen LogP contribution in [0.25, 0.3) is 0 Å². The molecule has 2 aromatic rings. The molecular formula is C14H16N4O2S. The van der Waals surface area contributed by atoms with Crippen molar-refractivity contribution in [3.05, 3.63) is 34.5 Å². The quantitative estimate of drug-likeness (QED) is 0.946. The van der Waals surface area contributed by atoms with Crippen LogP contribution in [0.2, 0.25) is 0 Å². The second kappa shape index (κ2) is 6.09. The van der Waals surface area contributed by atoms with Crippen molar-refractivity contribution in [3.63, 3.8) is 0 Å². The number of rotatable bonds is 3. The predicted molar refractivity (Wildman–Crippen MR) is 80.6 cm³/mol. The highest BCUT2D eigenvalue weighted by molar-refractivity contribution is 7.10. The average Bonchev–Trinajstić information content (AvgIpc) is 3.18. The lowest BCUT2D eigenvalue weighted by Crippen LogP contribution is -2.34. The van der Waals surface area contributed by atoms with E-state index in [0.717, 1.165) is 19.4 Å². The van der Waals surface area contributed by atoms with Gasteiger partial charge in [-0.2, -0.15) is 0 Å². The molecule has 0 radical (unpaired) electrons. The van der Waals surface area contributed by atoms with Gasteiger partial charge in [-0.05, 0) is 30.4 Å². The number of nitrogens with one attached hydrogen (secondary N) is 1. The number of carbonyl (C=O) groups is 1. The van der Waals surface area contributed by atoms with Gasteiger partial charge in [0.25, 0.3) is 0 Å². The number of carbonyl (C=O) groups excluding carboxylic acids is 1. The summed E-state index contributed by atoms with van der Waals surface area (Å²) in [5.74, 6) is 0.850. The van der Waals surface area contributed by atoms with E-state index in [4.69, 9.17) is 4.74 Å². The van der Waals surface area contributed by atoms with Crippen molar-refractivity contribution in [2.24, 2.45) is 0 Å². The molecule has 3 rings (SSSR count). The number of ether oxygens (including phenoxy) is 1. The normalized spacial score (nSPS) is 17.8. The lowest BCUT2D eigenvalue weighted by atomic mass is 10.2. The minimum absolute atomic E-state index is 0.134. The fraction of sp³-hybridized carbons (Fsp3) is 0.357. The fourth-order valence-corrected chi connectivity index (χ4v) is 3.34. The molecule has 7 heteroatoms. The van der Waals surface area contributed by atoms with Crippen molar-refractivity contribution in [2.75, 3.05) is 19.0 Å². The average molecular weight is 304 g/mol. The summed E-state index contributed by atoms with van der Waals surface area (Å²) in [5, 5.41) is 12.6. The molecule has 1 aliphatic heterocycles. The Hall–Kier alpha value is -2.15. The second-order valence-corrected chi connectivity index (χ2v) is 5.74. The molecule has 21 heavy (non-hydrogen) atoms. The monoisotopic (exact) mass is 304 g/mol. The van der Waals surface area contributed by atoms with Crippen molar-refractivity contribution in [1.29, 1.82) is 0 Å². The number of amides is 2. The van der Waals surface area contributed by atoms with E-state index in [1.807, 2.05) is 16.3 Å². The molecule has 1 saturated heterocycles. The molecule has 1 unspecified atom stereocenters. The van der Waals surface area contributed by atoms with Crippen LogP contribution in [0.1, 0.15) is 23.8 Å². The molecule has 2 amide bonds. The summed E-state index contributed by atoms with van der Waals surface area (Å²) in [5.41, 5.74) is 0. The van der Waals surface area contributed by atoms with Gasteiger partial charge in [-0.15, -0.1) is 21.5 Å². The Bertz CT molecular complexity index is 600. The summed E-state index contributed by atoms with van der Waals surface area (Å²) in [6, 6.07) is 7.47. The zero-order valence-electron chi connectivity index (χ0n) is 11.7. The van der Waals surface area contributed by atoms with Gasteiger partial charge in [0.05, 0.1) is 13.2 Å². The standard InChI is InChI=1S/C14H16N4O2S/c1-20-13-7-6-12(16-17-13)15-14(19)18-8-2-4-10(18)11-5-3-9-21-11/h3,5-7,9-10H,2,4,8H2,1H3,(H,15,16,19). The number of anilines is 1. The van der Waals surface area contributed by atoms with E-state index >= 15 is 0 Å². The van der Waals surface area contributed by atoms with Crippen LogP contribution in [0.4, 0.5) is 10.6 Å². The van der Waals surface area contributed by atoms with E-state index in [1.54, 1.807) is 23.5 Å². The molecule has 1 N–H and O–H groups in total. The van der Waals surface area contributed by atoms with Crippen LogP contribution in [0.15, 0.2) is 29.6 Å². The zero-order valence-corrected chi connectivity index (χ0v) is 12.5. The third kappa shape index (κ3) is 2.97. The number of likely N-dealkylation sites (tertiary alicyclic amines) is 1. The molecular weight excluding hydrogens is 288 g/mol. The van der Waals surface area contributed by atoms with Gasteiger partial charge in [-0.3, -0.25) is 5.32 Å². The molecule has 6 nitrogen and oxygen atoms in total. The van der Waals surface area contributed by atoms with E-state index in [9.17, 15) is 4.79 Å². The van der Waals surface area contributed by atoms with Crippen molar-refractivity contribution in [1.82, 2.24) is 15.1 Å². The van der Waals surface area contributed by atoms with Gasteiger partial charge in [0.1, 0.15) is 0 Å². The molecule has 3 heterocycles. The number of nitrogens with zero attached hydrogens (tertiary/aromatic N) is 3. The van der Waals surface area contributed by atoms with E-state index < -0.39 is 0 Å². The van der Waals surface area contributed by atoms with Gasteiger partial charge in [0, 0.05) is 17.5 Å². The zero-order chi connectivity index (χ0) is 14.7. The third-order valence-corrected chi connectivity index (χ3v) is 4.44. The van der Waals surface area contributed by atoms with Gasteiger partial charge in [0.2, 0.25) is 5.88 Å². The molecule has 1 atom stereocenters. The van der Waals surface area contributed by atoms with E-state index in [-0.39, 0.29) is 12.1 Å². The largest absolute Gasteiger partial charge is 0.480 e. The summed E-state index contributed by atoms with van der Waals surface area (Å²) in [4.78, 5) is 15.5. The molecule has 0 spiro atoms. The number of urea groups is 1. The second-order valence-electron chi connectivity index (χ2n) is 4.76. The number of thiophene rings is 1. The van der Waals surface area contributed by atoms with Crippen LogP contribution in [0.3, 0.4) is 0 Å². The lowest BCUT2D eigenvalue weighted by Gasteiger charge is -2.23. The maximum atomic E-state index is 12.4. The smallest absolute Gasteiger partial charge is 0.323 e. The Labute approximate surface area is 126 Å². The van der Waals surface area contributed by atoms with Gasteiger partial charge in [-0.25, -0.2) is 4.79 Å². The van der Waals surface area contributed by atoms with Crippen molar-refractivity contribution >= 4 is 23.2 Å². The summed E-state index contributed by atoms with van der Waals surface area (Å²) in [6.45, 7) is 0.762. The van der Waals surface area contributed by atoms with E-state index in [2.05, 4.69) is 21.6 Å². The summed E-state index contributed by atoms with van der Waals surface area (Å²) in [6.07, 6.45) is 2.02. The number of hydrogen-bond donors (Lipinski definition) is 1. The Balaban J connectivity index is 1.69. The molecule has 0 aromatic carbocycles. The van der Waals surface area contributed by atoms with Gasteiger partial charge in [0.15, 0.2) is 5.82 Å². The molecule has 110 valence electrons. The topological polar surface area (TPSA) is 67.3 Å².